The van der Waals surface area contributed by atoms with Crippen molar-refractivity contribution >= 4 is 23.5 Å². The van der Waals surface area contributed by atoms with E-state index >= 15 is 0 Å². The third kappa shape index (κ3) is 6.87. The highest BCUT2D eigenvalue weighted by atomic mass is 16.5. The van der Waals surface area contributed by atoms with Crippen LogP contribution in [0.25, 0.3) is 0 Å². The summed E-state index contributed by atoms with van der Waals surface area (Å²) in [4.78, 5) is 39.1. The van der Waals surface area contributed by atoms with E-state index in [0.29, 0.717) is 49.5 Å². The molecule has 182 valence electrons. The Bertz CT molecular complexity index is 1000. The number of methoxy groups -OCH3 is 2. The van der Waals surface area contributed by atoms with Crippen LogP contribution in [0.4, 0.5) is 10.5 Å². The van der Waals surface area contributed by atoms with Crippen LogP contribution in [-0.2, 0) is 16.0 Å². The predicted octanol–water partition coefficient (Wildman–Crippen LogP) is 2.56. The number of urea groups is 1. The van der Waals surface area contributed by atoms with Crippen molar-refractivity contribution in [2.45, 2.75) is 38.3 Å². The molecule has 0 bridgehead atoms. The number of hydrogen-bond acceptors (Lipinski definition) is 5. The summed E-state index contributed by atoms with van der Waals surface area (Å²) >= 11 is 0. The minimum atomic E-state index is -0.719. The molecule has 1 atom stereocenters. The quantitative estimate of drug-likeness (QED) is 0.552. The monoisotopic (exact) mass is 468 g/mol. The first-order valence-electron chi connectivity index (χ1n) is 11.3. The summed E-state index contributed by atoms with van der Waals surface area (Å²) in [5.41, 5.74) is 1.50. The zero-order valence-electron chi connectivity index (χ0n) is 19.8. The standard InChI is InChI=1S/C25H32N4O5/c1-17(30)26-22(15-18-7-4-5-10-23(18)34-3)24(31)27-19-11-13-29(14-12-19)25(32)28-20-8-6-9-21(16-20)33-2/h4-10,16,19,22H,11-15H2,1-3H3,(H,26,30)(H,27,31)(H,28,32)/t22-/m1/s1. The van der Waals surface area contributed by atoms with Gasteiger partial charge in [-0.2, -0.15) is 0 Å². The van der Waals surface area contributed by atoms with Crippen molar-refractivity contribution in [3.8, 4) is 11.5 Å². The molecule has 1 fully saturated rings. The Morgan fingerprint density at radius 2 is 1.76 bits per heavy atom. The second kappa shape index (κ2) is 11.9. The van der Waals surface area contributed by atoms with E-state index in [1.54, 1.807) is 31.3 Å². The number of para-hydroxylation sites is 1. The Morgan fingerprint density at radius 3 is 2.44 bits per heavy atom. The van der Waals surface area contributed by atoms with Gasteiger partial charge in [0.15, 0.2) is 0 Å². The molecule has 9 heteroatoms. The average molecular weight is 469 g/mol. The van der Waals surface area contributed by atoms with E-state index in [9.17, 15) is 14.4 Å². The summed E-state index contributed by atoms with van der Waals surface area (Å²) in [6.45, 7) is 2.41. The van der Waals surface area contributed by atoms with Crippen LogP contribution in [0.5, 0.6) is 11.5 Å². The molecular weight excluding hydrogens is 436 g/mol. The molecule has 2 aromatic carbocycles. The minimum absolute atomic E-state index is 0.0812. The Hall–Kier alpha value is -3.75. The van der Waals surface area contributed by atoms with Gasteiger partial charge in [0.05, 0.1) is 14.2 Å². The lowest BCUT2D eigenvalue weighted by molar-refractivity contribution is -0.128. The number of anilines is 1. The molecule has 0 unspecified atom stereocenters. The molecule has 1 saturated heterocycles. The number of carbonyl (C=O) groups excluding carboxylic acids is 3. The van der Waals surface area contributed by atoms with Crippen LogP contribution in [0.15, 0.2) is 48.5 Å². The van der Waals surface area contributed by atoms with E-state index in [4.69, 9.17) is 9.47 Å². The van der Waals surface area contributed by atoms with E-state index in [-0.39, 0.29) is 23.9 Å². The molecular formula is C25H32N4O5. The van der Waals surface area contributed by atoms with Crippen molar-refractivity contribution in [2.75, 3.05) is 32.6 Å². The minimum Gasteiger partial charge on any atom is -0.497 e. The van der Waals surface area contributed by atoms with Gasteiger partial charge in [-0.25, -0.2) is 4.79 Å². The summed E-state index contributed by atoms with van der Waals surface area (Å²) in [7, 11) is 3.15. The smallest absolute Gasteiger partial charge is 0.321 e. The van der Waals surface area contributed by atoms with Gasteiger partial charge in [-0.3, -0.25) is 9.59 Å². The van der Waals surface area contributed by atoms with Gasteiger partial charge in [-0.15, -0.1) is 0 Å². The van der Waals surface area contributed by atoms with E-state index in [1.807, 2.05) is 36.4 Å². The van der Waals surface area contributed by atoms with Crippen LogP contribution in [0.2, 0.25) is 0 Å². The van der Waals surface area contributed by atoms with Crippen LogP contribution < -0.4 is 25.4 Å². The summed E-state index contributed by atoms with van der Waals surface area (Å²) in [5.74, 6) is 0.807. The molecule has 1 heterocycles. The van der Waals surface area contributed by atoms with Crippen LogP contribution in [-0.4, -0.2) is 62.1 Å². The van der Waals surface area contributed by atoms with Gasteiger partial charge < -0.3 is 30.3 Å². The number of nitrogens with zero attached hydrogens (tertiary/aromatic N) is 1. The van der Waals surface area contributed by atoms with Gasteiger partial charge in [-0.1, -0.05) is 24.3 Å². The number of hydrogen-bond donors (Lipinski definition) is 3. The molecule has 34 heavy (non-hydrogen) atoms. The van der Waals surface area contributed by atoms with Gasteiger partial charge in [0.25, 0.3) is 0 Å². The topological polar surface area (TPSA) is 109 Å². The highest BCUT2D eigenvalue weighted by Crippen LogP contribution is 2.20. The second-order valence-electron chi connectivity index (χ2n) is 8.20. The number of nitrogens with one attached hydrogen (secondary N) is 3. The molecule has 2 aromatic rings. The molecule has 1 aliphatic rings. The van der Waals surface area contributed by atoms with Gasteiger partial charge in [0.1, 0.15) is 17.5 Å². The van der Waals surface area contributed by atoms with Crippen molar-refractivity contribution in [1.82, 2.24) is 15.5 Å². The molecule has 0 radical (unpaired) electrons. The average Bonchev–Trinajstić information content (AvgIpc) is 2.84. The highest BCUT2D eigenvalue weighted by molar-refractivity contribution is 5.90. The maximum absolute atomic E-state index is 13.0. The Labute approximate surface area is 199 Å². The van der Waals surface area contributed by atoms with Gasteiger partial charge in [0.2, 0.25) is 11.8 Å². The third-order valence-electron chi connectivity index (χ3n) is 5.76. The largest absolute Gasteiger partial charge is 0.497 e. The number of amides is 4. The highest BCUT2D eigenvalue weighted by Gasteiger charge is 2.27. The number of carbonyl (C=O) groups is 3. The van der Waals surface area contributed by atoms with Crippen molar-refractivity contribution in [2.24, 2.45) is 0 Å². The van der Waals surface area contributed by atoms with Crippen molar-refractivity contribution in [3.63, 3.8) is 0 Å². The lowest BCUT2D eigenvalue weighted by Gasteiger charge is -2.33. The summed E-state index contributed by atoms with van der Waals surface area (Å²) < 4.78 is 10.6. The summed E-state index contributed by atoms with van der Waals surface area (Å²) in [6, 6.07) is 13.6. The van der Waals surface area contributed by atoms with Crippen LogP contribution in [0, 0.1) is 0 Å². The number of ether oxygens (including phenoxy) is 2. The fourth-order valence-electron chi connectivity index (χ4n) is 3.98. The second-order valence-corrected chi connectivity index (χ2v) is 8.20. The summed E-state index contributed by atoms with van der Waals surface area (Å²) in [6.07, 6.45) is 1.56. The maximum atomic E-state index is 13.0. The molecule has 0 aliphatic carbocycles. The van der Waals surface area contributed by atoms with Crippen molar-refractivity contribution in [1.29, 1.82) is 0 Å². The first-order chi connectivity index (χ1) is 16.4. The van der Waals surface area contributed by atoms with Crippen LogP contribution >= 0.6 is 0 Å². The first kappa shape index (κ1) is 24.9. The van der Waals surface area contributed by atoms with Crippen LogP contribution in [0.1, 0.15) is 25.3 Å². The zero-order valence-corrected chi connectivity index (χ0v) is 19.8. The Balaban J connectivity index is 1.54. The molecule has 4 amide bonds. The predicted molar refractivity (Wildman–Crippen MR) is 129 cm³/mol. The summed E-state index contributed by atoms with van der Waals surface area (Å²) in [5, 5.41) is 8.66. The van der Waals surface area contributed by atoms with Crippen LogP contribution in [0.3, 0.4) is 0 Å². The third-order valence-corrected chi connectivity index (χ3v) is 5.76. The molecule has 3 N–H and O–H groups in total. The lowest BCUT2D eigenvalue weighted by atomic mass is 10.0. The fourth-order valence-corrected chi connectivity index (χ4v) is 3.98. The van der Waals surface area contributed by atoms with E-state index in [0.717, 1.165) is 5.56 Å². The normalized spacial score (nSPS) is 14.6. The number of likely N-dealkylation sites (tertiary alicyclic amines) is 1. The van der Waals surface area contributed by atoms with E-state index in [2.05, 4.69) is 16.0 Å². The van der Waals surface area contributed by atoms with Gasteiger partial charge in [0, 0.05) is 44.2 Å². The fraction of sp³-hybridized carbons (Fsp3) is 0.400. The molecule has 0 spiro atoms. The zero-order chi connectivity index (χ0) is 24.5. The first-order valence-corrected chi connectivity index (χ1v) is 11.3. The Kier molecular flexibility index (Phi) is 8.73. The Morgan fingerprint density at radius 1 is 1.03 bits per heavy atom. The molecule has 3 rings (SSSR count). The molecule has 0 saturated carbocycles. The molecule has 0 aromatic heterocycles. The van der Waals surface area contributed by atoms with Crippen molar-refractivity contribution in [3.05, 3.63) is 54.1 Å². The number of benzene rings is 2. The van der Waals surface area contributed by atoms with Gasteiger partial charge >= 0.3 is 6.03 Å². The number of rotatable bonds is 8. The van der Waals surface area contributed by atoms with Gasteiger partial charge in [-0.05, 0) is 36.6 Å². The van der Waals surface area contributed by atoms with Crippen molar-refractivity contribution < 1.29 is 23.9 Å². The van der Waals surface area contributed by atoms with E-state index in [1.165, 1.54) is 6.92 Å². The molecule has 1 aliphatic heterocycles. The van der Waals surface area contributed by atoms with E-state index < -0.39 is 6.04 Å². The maximum Gasteiger partial charge on any atom is 0.321 e. The molecule has 9 nitrogen and oxygen atoms in total. The lowest BCUT2D eigenvalue weighted by Crippen LogP contribution is -2.53. The SMILES string of the molecule is COc1cccc(NC(=O)N2CCC(NC(=O)[C@@H](Cc3ccccc3OC)NC(C)=O)CC2)c1. The number of piperidine rings is 1.